The minimum Gasteiger partial charge on any atom is -0.496 e. The quantitative estimate of drug-likeness (QED) is 0.856. The number of hydrogen-bond acceptors (Lipinski definition) is 2. The lowest BCUT2D eigenvalue weighted by Crippen LogP contribution is -2.50. The predicted octanol–water partition coefficient (Wildman–Crippen LogP) is 4.70. The molecule has 1 saturated carbocycles. The van der Waals surface area contributed by atoms with E-state index in [4.69, 9.17) is 10.5 Å². The second-order valence-corrected chi connectivity index (χ2v) is 8.67. The molecule has 0 radical (unpaired) electrons. The van der Waals surface area contributed by atoms with Gasteiger partial charge in [-0.1, -0.05) is 33.8 Å². The lowest BCUT2D eigenvalue weighted by atomic mass is 9.56. The van der Waals surface area contributed by atoms with Crippen molar-refractivity contribution < 1.29 is 4.74 Å². The highest BCUT2D eigenvalue weighted by atomic mass is 16.5. The second-order valence-electron chi connectivity index (χ2n) is 8.67. The average Bonchev–Trinajstić information content (AvgIpc) is 2.21. The molecule has 2 rings (SSSR count). The first-order valence-corrected chi connectivity index (χ1v) is 7.93. The van der Waals surface area contributed by atoms with Crippen LogP contribution in [-0.2, 0) is 5.54 Å². The van der Waals surface area contributed by atoms with Crippen LogP contribution in [0.4, 0.5) is 0 Å². The predicted molar refractivity (Wildman–Crippen MR) is 89.7 cm³/mol. The molecule has 0 spiro atoms. The first-order valence-electron chi connectivity index (χ1n) is 7.93. The van der Waals surface area contributed by atoms with Crippen LogP contribution in [0.5, 0.6) is 5.75 Å². The molecule has 21 heavy (non-hydrogen) atoms. The molecule has 0 amide bonds. The van der Waals surface area contributed by atoms with Gasteiger partial charge in [-0.3, -0.25) is 0 Å². The SMILES string of the molecule is COc1cc(C)cc(C)c1C1(N)CC(C)(C)CC(C)(C)C1. The van der Waals surface area contributed by atoms with Gasteiger partial charge in [0.1, 0.15) is 5.75 Å². The van der Waals surface area contributed by atoms with Crippen LogP contribution in [0.25, 0.3) is 0 Å². The van der Waals surface area contributed by atoms with Gasteiger partial charge in [-0.05, 0) is 61.1 Å². The maximum absolute atomic E-state index is 6.98. The van der Waals surface area contributed by atoms with Crippen molar-refractivity contribution in [1.29, 1.82) is 0 Å². The van der Waals surface area contributed by atoms with E-state index in [9.17, 15) is 0 Å². The number of hydrogen-bond donors (Lipinski definition) is 1. The third-order valence-corrected chi connectivity index (χ3v) is 4.71. The van der Waals surface area contributed by atoms with Gasteiger partial charge in [0.15, 0.2) is 0 Å². The Labute approximate surface area is 130 Å². The van der Waals surface area contributed by atoms with E-state index < -0.39 is 0 Å². The molecule has 1 fully saturated rings. The summed E-state index contributed by atoms with van der Waals surface area (Å²) in [6.45, 7) is 13.6. The Balaban J connectivity index is 2.58. The summed E-state index contributed by atoms with van der Waals surface area (Å²) in [5.74, 6) is 0.948. The summed E-state index contributed by atoms with van der Waals surface area (Å²) in [5.41, 5.74) is 10.9. The van der Waals surface area contributed by atoms with E-state index in [-0.39, 0.29) is 16.4 Å². The fourth-order valence-electron chi connectivity index (χ4n) is 5.10. The number of benzene rings is 1. The Bertz CT molecular complexity index is 527. The third-order valence-electron chi connectivity index (χ3n) is 4.71. The monoisotopic (exact) mass is 289 g/mol. The molecule has 0 bridgehead atoms. The first-order chi connectivity index (χ1) is 9.48. The molecule has 1 aromatic rings. The summed E-state index contributed by atoms with van der Waals surface area (Å²) in [6.07, 6.45) is 3.22. The maximum atomic E-state index is 6.98. The number of ether oxygens (including phenoxy) is 1. The molecule has 0 unspecified atom stereocenters. The molecule has 0 aromatic heterocycles. The molecule has 1 aliphatic carbocycles. The van der Waals surface area contributed by atoms with Crippen LogP contribution in [0.15, 0.2) is 12.1 Å². The van der Waals surface area contributed by atoms with Gasteiger partial charge >= 0.3 is 0 Å². The molecule has 1 aliphatic rings. The van der Waals surface area contributed by atoms with E-state index in [1.54, 1.807) is 7.11 Å². The van der Waals surface area contributed by atoms with Gasteiger partial charge in [0.25, 0.3) is 0 Å². The van der Waals surface area contributed by atoms with Crippen LogP contribution in [0.3, 0.4) is 0 Å². The Hall–Kier alpha value is -1.02. The van der Waals surface area contributed by atoms with Crippen molar-refractivity contribution in [3.63, 3.8) is 0 Å². The van der Waals surface area contributed by atoms with Gasteiger partial charge in [-0.25, -0.2) is 0 Å². The van der Waals surface area contributed by atoms with E-state index in [1.165, 1.54) is 23.1 Å². The summed E-state index contributed by atoms with van der Waals surface area (Å²) in [5, 5.41) is 0. The Morgan fingerprint density at radius 1 is 0.952 bits per heavy atom. The summed E-state index contributed by atoms with van der Waals surface area (Å²) < 4.78 is 5.68. The zero-order valence-electron chi connectivity index (χ0n) is 14.8. The lowest BCUT2D eigenvalue weighted by molar-refractivity contribution is 0.0456. The molecular formula is C19H31NO. The van der Waals surface area contributed by atoms with Crippen molar-refractivity contribution in [3.05, 3.63) is 28.8 Å². The highest BCUT2D eigenvalue weighted by Gasteiger charge is 2.47. The first kappa shape index (κ1) is 16.4. The van der Waals surface area contributed by atoms with Gasteiger partial charge < -0.3 is 10.5 Å². The van der Waals surface area contributed by atoms with Crippen molar-refractivity contribution in [2.24, 2.45) is 16.6 Å². The van der Waals surface area contributed by atoms with Gasteiger partial charge in [0.2, 0.25) is 0 Å². The maximum Gasteiger partial charge on any atom is 0.124 e. The van der Waals surface area contributed by atoms with Crippen molar-refractivity contribution in [1.82, 2.24) is 0 Å². The fraction of sp³-hybridized carbons (Fsp3) is 0.684. The standard InChI is InChI=1S/C19H31NO/c1-13-8-14(2)16(15(9-13)21-7)19(20)11-17(3,4)10-18(5,6)12-19/h8-9H,10-12,20H2,1-7H3. The highest BCUT2D eigenvalue weighted by Crippen LogP contribution is 2.54. The van der Waals surface area contributed by atoms with Gasteiger partial charge in [-0.15, -0.1) is 0 Å². The fourth-order valence-corrected chi connectivity index (χ4v) is 5.10. The molecule has 118 valence electrons. The van der Waals surface area contributed by atoms with Crippen LogP contribution in [0.1, 0.15) is 63.6 Å². The summed E-state index contributed by atoms with van der Waals surface area (Å²) in [4.78, 5) is 0. The minimum atomic E-state index is -0.311. The highest BCUT2D eigenvalue weighted by molar-refractivity contribution is 5.48. The van der Waals surface area contributed by atoms with Crippen LogP contribution in [0.2, 0.25) is 0 Å². The Morgan fingerprint density at radius 3 is 1.95 bits per heavy atom. The molecule has 2 N–H and O–H groups in total. The van der Waals surface area contributed by atoms with E-state index in [0.717, 1.165) is 18.6 Å². The zero-order valence-corrected chi connectivity index (χ0v) is 14.8. The van der Waals surface area contributed by atoms with Crippen molar-refractivity contribution in [3.8, 4) is 5.75 Å². The van der Waals surface area contributed by atoms with Crippen LogP contribution < -0.4 is 10.5 Å². The lowest BCUT2D eigenvalue weighted by Gasteiger charge is -2.51. The summed E-state index contributed by atoms with van der Waals surface area (Å²) in [6, 6.07) is 4.34. The number of aryl methyl sites for hydroxylation is 2. The molecule has 0 aliphatic heterocycles. The molecule has 2 nitrogen and oxygen atoms in total. The van der Waals surface area contributed by atoms with Gasteiger partial charge in [-0.2, -0.15) is 0 Å². The van der Waals surface area contributed by atoms with E-state index in [1.807, 2.05) is 0 Å². The smallest absolute Gasteiger partial charge is 0.124 e. The van der Waals surface area contributed by atoms with E-state index >= 15 is 0 Å². The molecule has 2 heteroatoms. The Morgan fingerprint density at radius 2 is 1.48 bits per heavy atom. The Kier molecular flexibility index (Phi) is 3.90. The summed E-state index contributed by atoms with van der Waals surface area (Å²) >= 11 is 0. The molecule has 0 atom stereocenters. The topological polar surface area (TPSA) is 35.2 Å². The second kappa shape index (κ2) is 5.01. The normalized spacial score (nSPS) is 22.9. The van der Waals surface area contributed by atoms with Crippen molar-refractivity contribution in [2.45, 2.75) is 66.3 Å². The zero-order chi connectivity index (χ0) is 16.1. The average molecular weight is 289 g/mol. The van der Waals surface area contributed by atoms with E-state index in [2.05, 4.69) is 53.7 Å². The van der Waals surface area contributed by atoms with Gasteiger partial charge in [0, 0.05) is 11.1 Å². The van der Waals surface area contributed by atoms with Crippen molar-refractivity contribution >= 4 is 0 Å². The summed E-state index contributed by atoms with van der Waals surface area (Å²) in [7, 11) is 1.75. The molecule has 0 heterocycles. The number of methoxy groups -OCH3 is 1. The molecular weight excluding hydrogens is 258 g/mol. The van der Waals surface area contributed by atoms with Crippen molar-refractivity contribution in [2.75, 3.05) is 7.11 Å². The third kappa shape index (κ3) is 3.26. The minimum absolute atomic E-state index is 0.249. The largest absolute Gasteiger partial charge is 0.496 e. The van der Waals surface area contributed by atoms with Crippen LogP contribution in [0, 0.1) is 24.7 Å². The van der Waals surface area contributed by atoms with Gasteiger partial charge in [0.05, 0.1) is 7.11 Å². The molecule has 1 aromatic carbocycles. The van der Waals surface area contributed by atoms with E-state index in [0.29, 0.717) is 0 Å². The number of rotatable bonds is 2. The van der Waals surface area contributed by atoms with Crippen LogP contribution in [-0.4, -0.2) is 7.11 Å². The van der Waals surface area contributed by atoms with Crippen LogP contribution >= 0.6 is 0 Å². The number of nitrogens with two attached hydrogens (primary N) is 1. The molecule has 0 saturated heterocycles.